The van der Waals surface area contributed by atoms with Gasteiger partial charge in [-0.05, 0) is 6.92 Å². The van der Waals surface area contributed by atoms with Crippen LogP contribution < -0.4 is 5.32 Å². The highest BCUT2D eigenvalue weighted by molar-refractivity contribution is 5.88. The predicted molar refractivity (Wildman–Crippen MR) is 68.2 cm³/mol. The Morgan fingerprint density at radius 1 is 1.44 bits per heavy atom. The van der Waals surface area contributed by atoms with Crippen LogP contribution in [0.4, 0.5) is 0 Å². The summed E-state index contributed by atoms with van der Waals surface area (Å²) in [6.45, 7) is 4.76. The van der Waals surface area contributed by atoms with Gasteiger partial charge in [-0.3, -0.25) is 9.59 Å². The van der Waals surface area contributed by atoms with Crippen LogP contribution in [0.5, 0.6) is 0 Å². The van der Waals surface area contributed by atoms with Gasteiger partial charge in [0, 0.05) is 40.3 Å². The lowest BCUT2D eigenvalue weighted by Crippen LogP contribution is -2.59. The van der Waals surface area contributed by atoms with E-state index in [1.807, 2.05) is 6.92 Å². The molecule has 1 aliphatic rings. The molecule has 0 bridgehead atoms. The third-order valence-electron chi connectivity index (χ3n) is 2.95. The summed E-state index contributed by atoms with van der Waals surface area (Å²) in [6, 6.07) is -0.386. The highest BCUT2D eigenvalue weighted by Crippen LogP contribution is 2.08. The lowest BCUT2D eigenvalue weighted by molar-refractivity contribution is -0.146. The fourth-order valence-corrected chi connectivity index (χ4v) is 1.97. The molecule has 1 fully saturated rings. The number of nitrogens with zero attached hydrogens (tertiary/aromatic N) is 2. The molecule has 1 heterocycles. The lowest BCUT2D eigenvalue weighted by Gasteiger charge is -2.36. The molecule has 0 aromatic carbocycles. The zero-order chi connectivity index (χ0) is 13.5. The fourth-order valence-electron chi connectivity index (χ4n) is 1.97. The second-order valence-corrected chi connectivity index (χ2v) is 4.49. The quantitative estimate of drug-likeness (QED) is 0.662. The third kappa shape index (κ3) is 3.96. The molecule has 1 atom stereocenters. The summed E-state index contributed by atoms with van der Waals surface area (Å²) in [6.07, 6.45) is 0.338. The van der Waals surface area contributed by atoms with Crippen molar-refractivity contribution in [1.29, 1.82) is 0 Å². The number of carbonyl (C=O) groups excluding carboxylic acids is 2. The molecule has 1 N–H and O–H groups in total. The molecule has 104 valence electrons. The monoisotopic (exact) mass is 257 g/mol. The second-order valence-electron chi connectivity index (χ2n) is 4.49. The molecule has 0 radical (unpaired) electrons. The van der Waals surface area contributed by atoms with E-state index in [9.17, 15) is 9.59 Å². The number of hydrogen-bond donors (Lipinski definition) is 1. The van der Waals surface area contributed by atoms with Crippen LogP contribution in [-0.2, 0) is 14.3 Å². The van der Waals surface area contributed by atoms with Crippen molar-refractivity contribution in [2.75, 3.05) is 46.9 Å². The Labute approximate surface area is 108 Å². The van der Waals surface area contributed by atoms with Gasteiger partial charge in [-0.1, -0.05) is 0 Å². The van der Waals surface area contributed by atoms with Crippen LogP contribution in [0.1, 0.15) is 13.3 Å². The Bertz CT molecular complexity index is 294. The van der Waals surface area contributed by atoms with Crippen molar-refractivity contribution in [2.45, 2.75) is 19.4 Å². The minimum atomic E-state index is -0.386. The summed E-state index contributed by atoms with van der Waals surface area (Å²) in [5, 5.41) is 3.15. The van der Waals surface area contributed by atoms with E-state index < -0.39 is 0 Å². The van der Waals surface area contributed by atoms with Gasteiger partial charge in [-0.25, -0.2) is 0 Å². The molecule has 1 unspecified atom stereocenters. The van der Waals surface area contributed by atoms with Gasteiger partial charge < -0.3 is 19.9 Å². The van der Waals surface area contributed by atoms with Crippen molar-refractivity contribution in [1.82, 2.24) is 15.1 Å². The Hall–Kier alpha value is -1.14. The Morgan fingerprint density at radius 2 is 2.17 bits per heavy atom. The summed E-state index contributed by atoms with van der Waals surface area (Å²) in [7, 11) is 3.42. The van der Waals surface area contributed by atoms with E-state index in [4.69, 9.17) is 4.74 Å². The maximum absolute atomic E-state index is 12.1. The summed E-state index contributed by atoms with van der Waals surface area (Å²) in [5.41, 5.74) is 0. The number of likely N-dealkylation sites (N-methyl/N-ethyl adjacent to an activating group) is 1. The lowest BCUT2D eigenvalue weighted by atomic mass is 10.1. The van der Waals surface area contributed by atoms with Gasteiger partial charge in [-0.15, -0.1) is 0 Å². The molecule has 0 saturated carbocycles. The number of amides is 2. The van der Waals surface area contributed by atoms with E-state index >= 15 is 0 Å². The molecule has 2 amide bonds. The Kier molecular flexibility index (Phi) is 6.07. The van der Waals surface area contributed by atoms with Gasteiger partial charge in [0.1, 0.15) is 6.04 Å². The van der Waals surface area contributed by atoms with E-state index in [2.05, 4.69) is 5.32 Å². The highest BCUT2D eigenvalue weighted by Gasteiger charge is 2.32. The van der Waals surface area contributed by atoms with Crippen LogP contribution in [0.3, 0.4) is 0 Å². The first-order valence-corrected chi connectivity index (χ1v) is 6.37. The van der Waals surface area contributed by atoms with Gasteiger partial charge >= 0.3 is 0 Å². The minimum absolute atomic E-state index is 0.00912. The summed E-state index contributed by atoms with van der Waals surface area (Å²) in [5.74, 6) is -0.0443. The van der Waals surface area contributed by atoms with Gasteiger partial charge in [0.15, 0.2) is 0 Å². The molecule has 18 heavy (non-hydrogen) atoms. The predicted octanol–water partition coefficient (Wildman–Crippen LogP) is -0.698. The maximum Gasteiger partial charge on any atom is 0.246 e. The van der Waals surface area contributed by atoms with Crippen LogP contribution in [0.25, 0.3) is 0 Å². The Balaban J connectivity index is 2.58. The summed E-state index contributed by atoms with van der Waals surface area (Å²) >= 11 is 0. The van der Waals surface area contributed by atoms with Crippen LogP contribution in [0.15, 0.2) is 0 Å². The molecular weight excluding hydrogens is 234 g/mol. The summed E-state index contributed by atoms with van der Waals surface area (Å²) < 4.78 is 5.18. The SMILES string of the molecule is CCOCCC(=O)N1CCNCC1C(=O)N(C)C. The molecule has 0 aliphatic carbocycles. The van der Waals surface area contributed by atoms with Crippen LogP contribution in [0, 0.1) is 0 Å². The Morgan fingerprint density at radius 3 is 2.78 bits per heavy atom. The standard InChI is InChI=1S/C12H23N3O3/c1-4-18-8-5-11(16)15-7-6-13-9-10(15)12(17)14(2)3/h10,13H,4-9H2,1-3H3. The topological polar surface area (TPSA) is 61.9 Å². The number of nitrogens with one attached hydrogen (secondary N) is 1. The van der Waals surface area contributed by atoms with Crippen molar-refractivity contribution in [3.63, 3.8) is 0 Å². The molecule has 0 aromatic rings. The number of ether oxygens (including phenoxy) is 1. The van der Waals surface area contributed by atoms with E-state index in [0.29, 0.717) is 32.7 Å². The first-order chi connectivity index (χ1) is 8.57. The number of carbonyl (C=O) groups is 2. The average Bonchev–Trinajstić information content (AvgIpc) is 2.38. The second kappa shape index (κ2) is 7.33. The first-order valence-electron chi connectivity index (χ1n) is 6.37. The van der Waals surface area contributed by atoms with Crippen molar-refractivity contribution in [3.8, 4) is 0 Å². The van der Waals surface area contributed by atoms with Crippen LogP contribution >= 0.6 is 0 Å². The minimum Gasteiger partial charge on any atom is -0.381 e. The highest BCUT2D eigenvalue weighted by atomic mass is 16.5. The van der Waals surface area contributed by atoms with Crippen molar-refractivity contribution in [3.05, 3.63) is 0 Å². The molecule has 1 rings (SSSR count). The smallest absolute Gasteiger partial charge is 0.246 e. The molecule has 0 aromatic heterocycles. The van der Waals surface area contributed by atoms with E-state index in [0.717, 1.165) is 6.54 Å². The van der Waals surface area contributed by atoms with Crippen LogP contribution in [0.2, 0.25) is 0 Å². The van der Waals surface area contributed by atoms with Crippen molar-refractivity contribution < 1.29 is 14.3 Å². The number of hydrogen-bond acceptors (Lipinski definition) is 4. The van der Waals surface area contributed by atoms with Gasteiger partial charge in [0.2, 0.25) is 11.8 Å². The summed E-state index contributed by atoms with van der Waals surface area (Å²) in [4.78, 5) is 27.3. The zero-order valence-corrected chi connectivity index (χ0v) is 11.4. The van der Waals surface area contributed by atoms with E-state index in [-0.39, 0.29) is 17.9 Å². The fraction of sp³-hybridized carbons (Fsp3) is 0.833. The van der Waals surface area contributed by atoms with Crippen molar-refractivity contribution >= 4 is 11.8 Å². The van der Waals surface area contributed by atoms with Gasteiger partial charge in [-0.2, -0.15) is 0 Å². The molecule has 0 spiro atoms. The molecule has 6 nitrogen and oxygen atoms in total. The molecule has 1 saturated heterocycles. The largest absolute Gasteiger partial charge is 0.381 e. The van der Waals surface area contributed by atoms with Gasteiger partial charge in [0.05, 0.1) is 13.0 Å². The normalized spacial score (nSPS) is 19.7. The molecular formula is C12H23N3O3. The average molecular weight is 257 g/mol. The van der Waals surface area contributed by atoms with Crippen LogP contribution in [-0.4, -0.2) is 74.6 Å². The van der Waals surface area contributed by atoms with E-state index in [1.54, 1.807) is 19.0 Å². The maximum atomic E-state index is 12.1. The third-order valence-corrected chi connectivity index (χ3v) is 2.95. The van der Waals surface area contributed by atoms with E-state index in [1.165, 1.54) is 4.90 Å². The first kappa shape index (κ1) is 14.9. The van der Waals surface area contributed by atoms with Gasteiger partial charge in [0.25, 0.3) is 0 Å². The van der Waals surface area contributed by atoms with Crippen molar-refractivity contribution in [2.24, 2.45) is 0 Å². The molecule has 6 heteroatoms. The number of rotatable bonds is 5. The number of piperazine rings is 1. The zero-order valence-electron chi connectivity index (χ0n) is 11.4. The molecule has 1 aliphatic heterocycles.